The smallest absolute Gasteiger partial charge is 0.304 e. The molecule has 0 radical (unpaired) electrons. The second-order valence-corrected chi connectivity index (χ2v) is 6.09. The van der Waals surface area contributed by atoms with Crippen LogP contribution in [0.1, 0.15) is 18.9 Å². The Balaban J connectivity index is 2.45. The van der Waals surface area contributed by atoms with E-state index in [-0.39, 0.29) is 23.3 Å². The number of aryl methyl sites for hydroxylation is 1. The summed E-state index contributed by atoms with van der Waals surface area (Å²) in [7, 11) is 0. The normalized spacial score (nSPS) is 11.9. The zero-order valence-electron chi connectivity index (χ0n) is 10.8. The first kappa shape index (κ1) is 15.9. The standard InChI is InChI=1S/C13H16ClNO3S/c1-8-5-10(14)3-4-11(8)15-12(16)7-19-9(2)6-13(17)18/h3-5,9H,6-7H2,1-2H3,(H,15,16)(H,17,18). The number of halogens is 1. The van der Waals surface area contributed by atoms with Crippen molar-refractivity contribution in [2.45, 2.75) is 25.5 Å². The van der Waals surface area contributed by atoms with Crippen LogP contribution in [0.5, 0.6) is 0 Å². The number of amides is 1. The number of benzene rings is 1. The maximum absolute atomic E-state index is 11.7. The molecule has 1 amide bonds. The Hall–Kier alpha value is -1.20. The summed E-state index contributed by atoms with van der Waals surface area (Å²) in [5.74, 6) is -0.766. The van der Waals surface area contributed by atoms with Crippen molar-refractivity contribution in [2.24, 2.45) is 0 Å². The predicted octanol–water partition coefficient (Wildman–Crippen LogP) is 3.18. The van der Waals surface area contributed by atoms with Gasteiger partial charge in [-0.3, -0.25) is 9.59 Å². The molecule has 6 heteroatoms. The summed E-state index contributed by atoms with van der Waals surface area (Å²) in [5, 5.41) is 11.9. The fourth-order valence-corrected chi connectivity index (χ4v) is 2.47. The van der Waals surface area contributed by atoms with Gasteiger partial charge in [0.1, 0.15) is 0 Å². The minimum Gasteiger partial charge on any atom is -0.481 e. The number of thioether (sulfide) groups is 1. The molecule has 1 aromatic carbocycles. The number of carbonyl (C=O) groups excluding carboxylic acids is 1. The number of hydrogen-bond acceptors (Lipinski definition) is 3. The van der Waals surface area contributed by atoms with E-state index in [2.05, 4.69) is 5.32 Å². The first-order valence-corrected chi connectivity index (χ1v) is 7.20. The van der Waals surface area contributed by atoms with Crippen LogP contribution in [-0.4, -0.2) is 28.0 Å². The third-order valence-corrected chi connectivity index (χ3v) is 3.82. The van der Waals surface area contributed by atoms with Crippen LogP contribution in [0.2, 0.25) is 5.02 Å². The molecular weight excluding hydrogens is 286 g/mol. The Morgan fingerprint density at radius 2 is 2.16 bits per heavy atom. The van der Waals surface area contributed by atoms with Gasteiger partial charge in [0.05, 0.1) is 12.2 Å². The molecule has 4 nitrogen and oxygen atoms in total. The molecule has 0 aliphatic heterocycles. The van der Waals surface area contributed by atoms with Crippen LogP contribution < -0.4 is 5.32 Å². The van der Waals surface area contributed by atoms with Crippen molar-refractivity contribution in [3.8, 4) is 0 Å². The fraction of sp³-hybridized carbons (Fsp3) is 0.385. The van der Waals surface area contributed by atoms with E-state index in [1.807, 2.05) is 6.92 Å². The number of nitrogens with one attached hydrogen (secondary N) is 1. The molecule has 0 saturated heterocycles. The molecule has 104 valence electrons. The molecule has 0 aliphatic carbocycles. The third-order valence-electron chi connectivity index (χ3n) is 2.42. The number of aliphatic carboxylic acids is 1. The maximum Gasteiger partial charge on any atom is 0.304 e. The summed E-state index contributed by atoms with van der Waals surface area (Å²) in [6.45, 7) is 3.65. The van der Waals surface area contributed by atoms with E-state index >= 15 is 0 Å². The van der Waals surface area contributed by atoms with Gasteiger partial charge in [-0.25, -0.2) is 0 Å². The Kier molecular flexibility index (Phi) is 6.18. The van der Waals surface area contributed by atoms with Crippen LogP contribution >= 0.6 is 23.4 Å². The second-order valence-electron chi connectivity index (χ2n) is 4.23. The lowest BCUT2D eigenvalue weighted by molar-refractivity contribution is -0.136. The molecule has 19 heavy (non-hydrogen) atoms. The van der Waals surface area contributed by atoms with Crippen molar-refractivity contribution < 1.29 is 14.7 Å². The van der Waals surface area contributed by atoms with Gasteiger partial charge in [0.15, 0.2) is 0 Å². The van der Waals surface area contributed by atoms with E-state index in [0.29, 0.717) is 5.02 Å². The molecule has 1 rings (SSSR count). The molecule has 1 aromatic rings. The third kappa shape index (κ3) is 5.98. The summed E-state index contributed by atoms with van der Waals surface area (Å²) >= 11 is 7.15. The lowest BCUT2D eigenvalue weighted by Gasteiger charge is -2.10. The van der Waals surface area contributed by atoms with Crippen LogP contribution in [0.3, 0.4) is 0 Å². The summed E-state index contributed by atoms with van der Waals surface area (Å²) in [6, 6.07) is 5.24. The molecule has 0 bridgehead atoms. The lowest BCUT2D eigenvalue weighted by Crippen LogP contribution is -2.17. The Morgan fingerprint density at radius 3 is 2.74 bits per heavy atom. The average molecular weight is 302 g/mol. The number of hydrogen-bond donors (Lipinski definition) is 2. The van der Waals surface area contributed by atoms with E-state index in [9.17, 15) is 9.59 Å². The molecular formula is C13H16ClNO3S. The highest BCUT2D eigenvalue weighted by Gasteiger charge is 2.11. The first-order chi connectivity index (χ1) is 8.88. The van der Waals surface area contributed by atoms with Crippen LogP contribution in [0.25, 0.3) is 0 Å². The quantitative estimate of drug-likeness (QED) is 0.847. The summed E-state index contributed by atoms with van der Waals surface area (Å²) in [6.07, 6.45) is 0.0535. The van der Waals surface area contributed by atoms with Crippen molar-refractivity contribution in [1.82, 2.24) is 0 Å². The van der Waals surface area contributed by atoms with Gasteiger partial charge in [0.2, 0.25) is 5.91 Å². The summed E-state index contributed by atoms with van der Waals surface area (Å²) in [4.78, 5) is 22.2. The van der Waals surface area contributed by atoms with Gasteiger partial charge in [0.25, 0.3) is 0 Å². The van der Waals surface area contributed by atoms with E-state index in [0.717, 1.165) is 11.3 Å². The lowest BCUT2D eigenvalue weighted by atomic mass is 10.2. The number of carbonyl (C=O) groups is 2. The van der Waals surface area contributed by atoms with Crippen LogP contribution in [0.4, 0.5) is 5.69 Å². The summed E-state index contributed by atoms with van der Waals surface area (Å²) < 4.78 is 0. The molecule has 1 atom stereocenters. The minimum absolute atomic E-state index is 0.0535. The van der Waals surface area contributed by atoms with E-state index in [1.165, 1.54) is 11.8 Å². The van der Waals surface area contributed by atoms with Gasteiger partial charge >= 0.3 is 5.97 Å². The monoisotopic (exact) mass is 301 g/mol. The van der Waals surface area contributed by atoms with Crippen molar-refractivity contribution in [3.05, 3.63) is 28.8 Å². The highest BCUT2D eigenvalue weighted by Crippen LogP contribution is 2.20. The Labute approximate surface area is 121 Å². The highest BCUT2D eigenvalue weighted by atomic mass is 35.5. The molecule has 0 aliphatic rings. The molecule has 0 aromatic heterocycles. The minimum atomic E-state index is -0.853. The predicted molar refractivity (Wildman–Crippen MR) is 79.0 cm³/mol. The summed E-state index contributed by atoms with van der Waals surface area (Å²) in [5.41, 5.74) is 1.62. The van der Waals surface area contributed by atoms with Gasteiger partial charge in [0, 0.05) is 16.0 Å². The fourth-order valence-electron chi connectivity index (χ4n) is 1.48. The highest BCUT2D eigenvalue weighted by molar-refractivity contribution is 8.00. The largest absolute Gasteiger partial charge is 0.481 e. The zero-order chi connectivity index (χ0) is 14.4. The van der Waals surface area contributed by atoms with Crippen molar-refractivity contribution in [3.63, 3.8) is 0 Å². The topological polar surface area (TPSA) is 66.4 Å². The number of carboxylic acids is 1. The maximum atomic E-state index is 11.7. The first-order valence-electron chi connectivity index (χ1n) is 5.78. The molecule has 2 N–H and O–H groups in total. The van der Waals surface area contributed by atoms with Crippen LogP contribution in [0.15, 0.2) is 18.2 Å². The van der Waals surface area contributed by atoms with E-state index in [1.54, 1.807) is 25.1 Å². The van der Waals surface area contributed by atoms with E-state index in [4.69, 9.17) is 16.7 Å². The SMILES string of the molecule is Cc1cc(Cl)ccc1NC(=O)CSC(C)CC(=O)O. The number of carboxylic acid groups (broad SMARTS) is 1. The van der Waals surface area contributed by atoms with Gasteiger partial charge < -0.3 is 10.4 Å². The molecule has 0 saturated carbocycles. The molecule has 1 unspecified atom stereocenters. The zero-order valence-corrected chi connectivity index (χ0v) is 12.3. The van der Waals surface area contributed by atoms with Crippen LogP contribution in [0, 0.1) is 6.92 Å². The van der Waals surface area contributed by atoms with Gasteiger partial charge in [-0.05, 0) is 30.7 Å². The van der Waals surface area contributed by atoms with Gasteiger partial charge in [-0.1, -0.05) is 18.5 Å². The van der Waals surface area contributed by atoms with Crippen molar-refractivity contribution in [1.29, 1.82) is 0 Å². The second kappa shape index (κ2) is 7.40. The van der Waals surface area contributed by atoms with Crippen molar-refractivity contribution >= 4 is 40.9 Å². The van der Waals surface area contributed by atoms with E-state index < -0.39 is 5.97 Å². The van der Waals surface area contributed by atoms with Crippen molar-refractivity contribution in [2.75, 3.05) is 11.1 Å². The van der Waals surface area contributed by atoms with Crippen LogP contribution in [-0.2, 0) is 9.59 Å². The van der Waals surface area contributed by atoms with Gasteiger partial charge in [-0.15, -0.1) is 11.8 Å². The number of rotatable bonds is 6. The number of anilines is 1. The molecule has 0 fully saturated rings. The molecule has 0 heterocycles. The Bertz CT molecular complexity index is 479. The molecule has 0 spiro atoms. The average Bonchev–Trinajstić information content (AvgIpc) is 2.29. The van der Waals surface area contributed by atoms with Gasteiger partial charge in [-0.2, -0.15) is 0 Å². The Morgan fingerprint density at radius 1 is 1.47 bits per heavy atom.